The summed E-state index contributed by atoms with van der Waals surface area (Å²) in [6.07, 6.45) is -3.64. The van der Waals surface area contributed by atoms with Gasteiger partial charge in [-0.15, -0.1) is 13.2 Å². The van der Waals surface area contributed by atoms with E-state index >= 15 is 0 Å². The number of benzene rings is 2. The van der Waals surface area contributed by atoms with E-state index in [0.717, 1.165) is 29.7 Å². The summed E-state index contributed by atoms with van der Waals surface area (Å²) in [5.41, 5.74) is -0.0958. The number of sulfonamides is 1. The first-order valence-electron chi connectivity index (χ1n) is 7.64. The topological polar surface area (TPSA) is 114 Å². The number of nitriles is 1. The van der Waals surface area contributed by atoms with Crippen LogP contribution < -0.4 is 14.2 Å². The van der Waals surface area contributed by atoms with E-state index in [2.05, 4.69) is 18.8 Å². The van der Waals surface area contributed by atoms with Crippen molar-refractivity contribution in [3.05, 3.63) is 51.9 Å². The molecule has 0 unspecified atom stereocenters. The summed E-state index contributed by atoms with van der Waals surface area (Å²) in [5, 5.41) is 9.43. The fourth-order valence-corrected chi connectivity index (χ4v) is 4.41. The van der Waals surface area contributed by atoms with E-state index in [9.17, 15) is 26.9 Å². The van der Waals surface area contributed by atoms with E-state index in [4.69, 9.17) is 4.74 Å². The maximum Gasteiger partial charge on any atom is 0.573 e. The number of hydrogen-bond acceptors (Lipinski definition) is 8. The van der Waals surface area contributed by atoms with Crippen LogP contribution in [0.3, 0.4) is 0 Å². The predicted molar refractivity (Wildman–Crippen MR) is 108 cm³/mol. The Morgan fingerprint density at radius 1 is 1.17 bits per heavy atom. The number of aromatic nitrogens is 2. The van der Waals surface area contributed by atoms with E-state index in [-0.39, 0.29) is 30.7 Å². The van der Waals surface area contributed by atoms with Crippen molar-refractivity contribution >= 4 is 49.3 Å². The van der Waals surface area contributed by atoms with Crippen LogP contribution in [0, 0.1) is 14.9 Å². The Hall–Kier alpha value is -2.64. The molecule has 0 spiro atoms. The van der Waals surface area contributed by atoms with Gasteiger partial charge in [-0.05, 0) is 59.0 Å². The lowest BCUT2D eigenvalue weighted by atomic mass is 10.2. The Morgan fingerprint density at radius 3 is 2.50 bits per heavy atom. The zero-order valence-electron chi connectivity index (χ0n) is 14.3. The molecule has 0 aliphatic carbocycles. The van der Waals surface area contributed by atoms with E-state index in [1.807, 2.05) is 6.07 Å². The lowest BCUT2D eigenvalue weighted by Crippen LogP contribution is -2.17. The number of nitrogens with one attached hydrogen (secondary N) is 1. The second-order valence-corrected chi connectivity index (χ2v) is 8.99. The zero-order chi connectivity index (χ0) is 21.9. The van der Waals surface area contributed by atoms with Crippen LogP contribution in [0.15, 0.2) is 47.6 Å². The molecule has 1 N–H and O–H groups in total. The molecule has 0 radical (unpaired) electrons. The number of hydrogen-bond donors (Lipinski definition) is 1. The van der Waals surface area contributed by atoms with Crippen molar-refractivity contribution in [2.75, 3.05) is 4.72 Å². The first kappa shape index (κ1) is 22.1. The van der Waals surface area contributed by atoms with Crippen molar-refractivity contribution in [3.63, 3.8) is 0 Å². The van der Waals surface area contributed by atoms with E-state index < -0.39 is 22.1 Å². The molecule has 3 rings (SSSR count). The zero-order valence-corrected chi connectivity index (χ0v) is 18.1. The van der Waals surface area contributed by atoms with Crippen LogP contribution in [0.4, 0.5) is 18.3 Å². The lowest BCUT2D eigenvalue weighted by molar-refractivity contribution is -0.274. The maximum absolute atomic E-state index is 12.4. The molecular weight excluding hydrogens is 560 g/mol. The summed E-state index contributed by atoms with van der Waals surface area (Å²) in [6, 6.07) is 8.83. The molecule has 0 aliphatic rings. The minimum Gasteiger partial charge on any atom is -0.455 e. The lowest BCUT2D eigenvalue weighted by Gasteiger charge is -2.13. The minimum absolute atomic E-state index is 0.0229. The van der Waals surface area contributed by atoms with Gasteiger partial charge < -0.3 is 9.47 Å². The highest BCUT2D eigenvalue weighted by Gasteiger charge is 2.31. The van der Waals surface area contributed by atoms with Gasteiger partial charge in [0.1, 0.15) is 29.6 Å². The summed E-state index contributed by atoms with van der Waals surface area (Å²) in [4.78, 5) is 3.52. The number of alkyl halides is 3. The predicted octanol–water partition coefficient (Wildman–Crippen LogP) is 4.51. The van der Waals surface area contributed by atoms with E-state index in [1.165, 1.54) is 24.5 Å². The second kappa shape index (κ2) is 8.62. The second-order valence-electron chi connectivity index (χ2n) is 5.36. The fraction of sp³-hybridized carbons (Fsp3) is 0.0625. The highest BCUT2D eigenvalue weighted by Crippen LogP contribution is 2.34. The Bertz CT molecular complexity index is 1210. The van der Waals surface area contributed by atoms with Crippen molar-refractivity contribution in [2.24, 2.45) is 0 Å². The number of anilines is 1. The van der Waals surface area contributed by atoms with Gasteiger partial charge in [0.25, 0.3) is 10.0 Å². The van der Waals surface area contributed by atoms with Crippen molar-refractivity contribution in [2.45, 2.75) is 11.3 Å². The quantitative estimate of drug-likeness (QED) is 0.436. The molecule has 8 nitrogen and oxygen atoms in total. The molecule has 0 bridgehead atoms. The molecule has 1 aromatic heterocycles. The molecule has 2 aromatic carbocycles. The van der Waals surface area contributed by atoms with Gasteiger partial charge in [0.15, 0.2) is 0 Å². The molecule has 1 heterocycles. The normalized spacial score (nSPS) is 11.6. The summed E-state index contributed by atoms with van der Waals surface area (Å²) in [5.74, 6) is -0.247. The molecule has 0 saturated carbocycles. The Kier molecular flexibility index (Phi) is 6.33. The van der Waals surface area contributed by atoms with Crippen LogP contribution in [0.25, 0.3) is 0 Å². The van der Waals surface area contributed by atoms with Gasteiger partial charge in [0, 0.05) is 11.5 Å². The summed E-state index contributed by atoms with van der Waals surface area (Å²) >= 11 is 2.59. The van der Waals surface area contributed by atoms with Crippen molar-refractivity contribution in [3.8, 4) is 23.3 Å². The molecule has 3 aromatic rings. The molecule has 0 atom stereocenters. The summed E-state index contributed by atoms with van der Waals surface area (Å²) in [7, 11) is -4.01. The average molecular weight is 568 g/mol. The van der Waals surface area contributed by atoms with Crippen LogP contribution in [0.2, 0.25) is 0 Å². The highest BCUT2D eigenvalue weighted by atomic mass is 127. The van der Waals surface area contributed by atoms with Gasteiger partial charge in [-0.2, -0.15) is 9.64 Å². The molecule has 0 fully saturated rings. The molecule has 0 saturated heterocycles. The van der Waals surface area contributed by atoms with Crippen molar-refractivity contribution in [1.82, 2.24) is 9.36 Å². The Morgan fingerprint density at radius 2 is 1.90 bits per heavy atom. The monoisotopic (exact) mass is 568 g/mol. The van der Waals surface area contributed by atoms with Gasteiger partial charge in [-0.3, -0.25) is 4.72 Å². The number of ether oxygens (including phenoxy) is 2. The van der Waals surface area contributed by atoms with E-state index in [1.54, 1.807) is 22.6 Å². The smallest absolute Gasteiger partial charge is 0.455 e. The van der Waals surface area contributed by atoms with E-state index in [0.29, 0.717) is 0 Å². The standard InChI is InChI=1S/C16H8F3IN4O4S2/c17-16(18,19)28-10-1-3-14(12(20)6-10)27-13-4-2-11(5-9(13)7-21)30(25,26)24-15-22-8-23-29-15/h1-6,8H,(H,22,23,24). The van der Waals surface area contributed by atoms with Crippen molar-refractivity contribution < 1.29 is 31.1 Å². The summed E-state index contributed by atoms with van der Waals surface area (Å²) in [6.45, 7) is 0. The first-order chi connectivity index (χ1) is 14.1. The van der Waals surface area contributed by atoms with Gasteiger partial charge in [0.2, 0.25) is 5.13 Å². The molecule has 30 heavy (non-hydrogen) atoms. The third-order valence-corrected chi connectivity index (χ3v) is 6.21. The van der Waals surface area contributed by atoms with Crippen LogP contribution >= 0.6 is 34.1 Å². The fourth-order valence-electron chi connectivity index (χ4n) is 2.12. The maximum atomic E-state index is 12.4. The van der Waals surface area contributed by atoms with Gasteiger partial charge in [-0.25, -0.2) is 13.4 Å². The van der Waals surface area contributed by atoms with Gasteiger partial charge >= 0.3 is 6.36 Å². The number of halogens is 4. The van der Waals surface area contributed by atoms with Crippen LogP contribution in [-0.2, 0) is 10.0 Å². The summed E-state index contributed by atoms with van der Waals surface area (Å²) < 4.78 is 77.4. The molecular formula is C16H8F3IN4O4S2. The van der Waals surface area contributed by atoms with Crippen molar-refractivity contribution in [1.29, 1.82) is 5.26 Å². The molecule has 14 heteroatoms. The molecule has 0 aliphatic heterocycles. The van der Waals surface area contributed by atoms with Gasteiger partial charge in [0.05, 0.1) is 14.0 Å². The highest BCUT2D eigenvalue weighted by molar-refractivity contribution is 14.1. The number of rotatable bonds is 6. The third kappa shape index (κ3) is 5.49. The Balaban J connectivity index is 1.85. The van der Waals surface area contributed by atoms with Crippen LogP contribution in [-0.4, -0.2) is 24.1 Å². The Labute approximate surface area is 185 Å². The minimum atomic E-state index is -4.83. The van der Waals surface area contributed by atoms with Crippen LogP contribution in [0.1, 0.15) is 5.56 Å². The number of nitrogens with zero attached hydrogens (tertiary/aromatic N) is 3. The molecule has 156 valence electrons. The first-order valence-corrected chi connectivity index (χ1v) is 11.0. The SMILES string of the molecule is N#Cc1cc(S(=O)(=O)Nc2ncns2)ccc1Oc1ccc(OC(F)(F)F)cc1I. The van der Waals surface area contributed by atoms with Gasteiger partial charge in [-0.1, -0.05) is 0 Å². The third-order valence-electron chi connectivity index (χ3n) is 3.32. The van der Waals surface area contributed by atoms with Crippen LogP contribution in [0.5, 0.6) is 17.2 Å². The largest absolute Gasteiger partial charge is 0.573 e. The average Bonchev–Trinajstić information content (AvgIpc) is 3.15. The molecule has 0 amide bonds.